The zero-order chi connectivity index (χ0) is 6.69. The Labute approximate surface area is 75.1 Å². The molecular weight excluding hydrogens is 245 g/mol. The molecule has 1 aliphatic heterocycles. The van der Waals surface area contributed by atoms with Crippen molar-refractivity contribution in [3.05, 3.63) is 0 Å². The van der Waals surface area contributed by atoms with Crippen molar-refractivity contribution in [2.45, 2.75) is 18.9 Å². The van der Waals surface area contributed by atoms with Crippen molar-refractivity contribution in [3.63, 3.8) is 0 Å². The van der Waals surface area contributed by atoms with Crippen molar-refractivity contribution in [1.29, 1.82) is 0 Å². The first-order valence-electron chi connectivity index (χ1n) is 3.27. The van der Waals surface area contributed by atoms with E-state index in [2.05, 4.69) is 44.8 Å². The number of halogens is 1. The van der Waals surface area contributed by atoms with Crippen LogP contribution in [0.1, 0.15) is 12.8 Å². The molecule has 1 aliphatic rings. The first-order valence-corrected chi connectivity index (χ1v) is 5.39. The van der Waals surface area contributed by atoms with E-state index in [1.165, 1.54) is 24.3 Å². The third-order valence-corrected chi connectivity index (χ3v) is 3.63. The van der Waals surface area contributed by atoms with Crippen LogP contribution in [-0.4, -0.2) is 27.7 Å². The van der Waals surface area contributed by atoms with Gasteiger partial charge in [0.2, 0.25) is 0 Å². The van der Waals surface area contributed by atoms with Crippen LogP contribution in [0.25, 0.3) is 0 Å². The van der Waals surface area contributed by atoms with Gasteiger partial charge in [0.1, 0.15) is 0 Å². The molecule has 54 valence electrons. The van der Waals surface area contributed by atoms with E-state index in [-0.39, 0.29) is 0 Å². The second-order valence-electron chi connectivity index (χ2n) is 2.40. The van der Waals surface area contributed by atoms with Crippen molar-refractivity contribution >= 4 is 34.6 Å². The fourth-order valence-electron chi connectivity index (χ4n) is 1.00. The molecule has 1 nitrogen and oxygen atoms in total. The molecule has 1 heterocycles. The number of hydrogen-bond acceptors (Lipinski definition) is 2. The summed E-state index contributed by atoms with van der Waals surface area (Å²) in [4.78, 5) is 0. The summed E-state index contributed by atoms with van der Waals surface area (Å²) < 4.78 is 2.31. The third-order valence-electron chi connectivity index (χ3n) is 1.64. The fourth-order valence-corrected chi connectivity index (χ4v) is 2.95. The van der Waals surface area contributed by atoms with Gasteiger partial charge < -0.3 is 0 Å². The second-order valence-corrected chi connectivity index (χ2v) is 5.07. The second kappa shape index (κ2) is 4.03. The summed E-state index contributed by atoms with van der Waals surface area (Å²) in [5, 5.41) is 0. The van der Waals surface area contributed by atoms with Crippen molar-refractivity contribution in [2.75, 3.05) is 18.6 Å². The molecule has 1 saturated heterocycles. The molecule has 0 saturated carbocycles. The molecule has 1 atom stereocenters. The minimum atomic E-state index is 0.837. The molecule has 1 unspecified atom stereocenters. The van der Waals surface area contributed by atoms with Crippen LogP contribution in [0.2, 0.25) is 0 Å². The first-order chi connectivity index (χ1) is 4.30. The Hall–Kier alpha value is 1.04. The van der Waals surface area contributed by atoms with E-state index in [0.717, 1.165) is 6.04 Å². The zero-order valence-electron chi connectivity index (χ0n) is 5.64. The minimum Gasteiger partial charge on any atom is -0.247 e. The molecule has 0 aromatic rings. The normalized spacial score (nSPS) is 29.0. The molecule has 1 fully saturated rings. The summed E-state index contributed by atoms with van der Waals surface area (Å²) >= 11 is 4.47. The van der Waals surface area contributed by atoms with Crippen LogP contribution < -0.4 is 0 Å². The Morgan fingerprint density at radius 3 is 2.78 bits per heavy atom. The summed E-state index contributed by atoms with van der Waals surface area (Å²) in [7, 11) is 2.16. The highest BCUT2D eigenvalue weighted by Crippen LogP contribution is 2.22. The van der Waals surface area contributed by atoms with Crippen LogP contribution in [0.4, 0.5) is 0 Å². The van der Waals surface area contributed by atoms with Crippen LogP contribution in [0.15, 0.2) is 0 Å². The van der Waals surface area contributed by atoms with Gasteiger partial charge in [0.05, 0.1) is 0 Å². The Morgan fingerprint density at radius 1 is 1.67 bits per heavy atom. The van der Waals surface area contributed by atoms with Crippen LogP contribution in [0.3, 0.4) is 0 Å². The average Bonchev–Trinajstić information content (AvgIpc) is 1.90. The number of thioether (sulfide) groups is 1. The standard InChI is InChI=1S/C6H12INS/c1-8(7)6-3-2-4-9-5-6/h6H,2-5H2,1H3. The number of nitrogens with zero attached hydrogens (tertiary/aromatic N) is 1. The van der Waals surface area contributed by atoms with Gasteiger partial charge in [-0.15, -0.1) is 0 Å². The Kier molecular flexibility index (Phi) is 3.65. The van der Waals surface area contributed by atoms with Crippen LogP contribution >= 0.6 is 34.6 Å². The maximum Gasteiger partial charge on any atom is 0.0281 e. The molecule has 0 N–H and O–H groups in total. The minimum absolute atomic E-state index is 0.837. The molecule has 3 heteroatoms. The number of hydrogen-bond donors (Lipinski definition) is 0. The van der Waals surface area contributed by atoms with Crippen LogP contribution in [0, 0.1) is 0 Å². The topological polar surface area (TPSA) is 3.24 Å². The molecule has 1 rings (SSSR count). The molecule has 0 bridgehead atoms. The highest BCUT2D eigenvalue weighted by Gasteiger charge is 2.15. The predicted octanol–water partition coefficient (Wildman–Crippen LogP) is 2.16. The first kappa shape index (κ1) is 8.14. The average molecular weight is 257 g/mol. The van der Waals surface area contributed by atoms with Gasteiger partial charge in [0, 0.05) is 34.7 Å². The van der Waals surface area contributed by atoms with Crippen LogP contribution in [0.5, 0.6) is 0 Å². The van der Waals surface area contributed by atoms with Crippen molar-refractivity contribution in [3.8, 4) is 0 Å². The fraction of sp³-hybridized carbons (Fsp3) is 1.00. The van der Waals surface area contributed by atoms with Crippen molar-refractivity contribution in [2.24, 2.45) is 0 Å². The van der Waals surface area contributed by atoms with Gasteiger partial charge in [-0.05, 0) is 25.6 Å². The van der Waals surface area contributed by atoms with Gasteiger partial charge in [0.25, 0.3) is 0 Å². The van der Waals surface area contributed by atoms with Gasteiger partial charge in [0.15, 0.2) is 0 Å². The summed E-state index contributed by atoms with van der Waals surface area (Å²) in [6.07, 6.45) is 2.80. The van der Waals surface area contributed by atoms with E-state index in [1.807, 2.05) is 0 Å². The van der Waals surface area contributed by atoms with Crippen molar-refractivity contribution in [1.82, 2.24) is 3.11 Å². The maximum absolute atomic E-state index is 2.38. The summed E-state index contributed by atoms with van der Waals surface area (Å²) in [5.74, 6) is 2.71. The SMILES string of the molecule is CN(I)C1CCCSC1. The van der Waals surface area contributed by atoms with Gasteiger partial charge >= 0.3 is 0 Å². The summed E-state index contributed by atoms with van der Waals surface area (Å²) in [6.45, 7) is 0. The van der Waals surface area contributed by atoms with Gasteiger partial charge in [-0.25, -0.2) is 3.11 Å². The summed E-state index contributed by atoms with van der Waals surface area (Å²) in [6, 6.07) is 0.837. The predicted molar refractivity (Wildman–Crippen MR) is 52.1 cm³/mol. The molecule has 0 aromatic heterocycles. The van der Waals surface area contributed by atoms with E-state index >= 15 is 0 Å². The summed E-state index contributed by atoms with van der Waals surface area (Å²) in [5.41, 5.74) is 0. The highest BCUT2D eigenvalue weighted by atomic mass is 127. The Morgan fingerprint density at radius 2 is 2.44 bits per heavy atom. The lowest BCUT2D eigenvalue weighted by Crippen LogP contribution is -2.28. The maximum atomic E-state index is 2.38. The monoisotopic (exact) mass is 257 g/mol. The highest BCUT2D eigenvalue weighted by molar-refractivity contribution is 14.1. The molecule has 0 spiro atoms. The van der Waals surface area contributed by atoms with Crippen LogP contribution in [-0.2, 0) is 0 Å². The number of rotatable bonds is 1. The van der Waals surface area contributed by atoms with Gasteiger partial charge in [-0.2, -0.15) is 11.8 Å². The molecule has 0 amide bonds. The van der Waals surface area contributed by atoms with E-state index in [0.29, 0.717) is 0 Å². The Balaban J connectivity index is 2.23. The third kappa shape index (κ3) is 2.63. The quantitative estimate of drug-likeness (QED) is 0.523. The largest absolute Gasteiger partial charge is 0.247 e. The molecule has 0 aromatic carbocycles. The lowest BCUT2D eigenvalue weighted by Gasteiger charge is -2.25. The van der Waals surface area contributed by atoms with E-state index in [9.17, 15) is 0 Å². The smallest absolute Gasteiger partial charge is 0.0281 e. The Bertz CT molecular complexity index is 81.1. The van der Waals surface area contributed by atoms with E-state index < -0.39 is 0 Å². The molecule has 0 radical (unpaired) electrons. The lowest BCUT2D eigenvalue weighted by atomic mass is 10.2. The van der Waals surface area contributed by atoms with E-state index in [4.69, 9.17) is 0 Å². The lowest BCUT2D eigenvalue weighted by molar-refractivity contribution is 0.437. The zero-order valence-corrected chi connectivity index (χ0v) is 8.61. The van der Waals surface area contributed by atoms with Gasteiger partial charge in [-0.3, -0.25) is 0 Å². The molecule has 9 heavy (non-hydrogen) atoms. The molecular formula is C6H12INS. The molecule has 0 aliphatic carbocycles. The van der Waals surface area contributed by atoms with Gasteiger partial charge in [-0.1, -0.05) is 0 Å². The van der Waals surface area contributed by atoms with E-state index in [1.54, 1.807) is 0 Å². The van der Waals surface area contributed by atoms with Crippen molar-refractivity contribution < 1.29 is 0 Å².